The van der Waals surface area contributed by atoms with Crippen LogP contribution in [0, 0.1) is 0 Å². The van der Waals surface area contributed by atoms with E-state index in [0.29, 0.717) is 6.54 Å². The van der Waals surface area contributed by atoms with Crippen LogP contribution in [0.5, 0.6) is 0 Å². The van der Waals surface area contributed by atoms with Gasteiger partial charge >= 0.3 is 5.97 Å². The molecular weight excluding hydrogens is 242 g/mol. The number of amides is 1. The molecule has 0 bridgehead atoms. The minimum atomic E-state index is -0.538. The fourth-order valence-corrected chi connectivity index (χ4v) is 2.61. The summed E-state index contributed by atoms with van der Waals surface area (Å²) in [4.78, 5) is 25.8. The SMILES string of the molecule is COC(=O)C(C)N1CCC(C)(c2ccccc2)C1=O. The minimum Gasteiger partial charge on any atom is -0.467 e. The average Bonchev–Trinajstić information content (AvgIpc) is 2.76. The van der Waals surface area contributed by atoms with Gasteiger partial charge in [-0.15, -0.1) is 0 Å². The lowest BCUT2D eigenvalue weighted by atomic mass is 9.81. The Kier molecular flexibility index (Phi) is 3.60. The molecule has 1 amide bonds. The number of ether oxygens (including phenoxy) is 1. The fourth-order valence-electron chi connectivity index (χ4n) is 2.61. The zero-order valence-corrected chi connectivity index (χ0v) is 11.6. The van der Waals surface area contributed by atoms with E-state index < -0.39 is 11.5 Å². The first-order chi connectivity index (χ1) is 9.00. The first-order valence-electron chi connectivity index (χ1n) is 6.45. The summed E-state index contributed by atoms with van der Waals surface area (Å²) in [5, 5.41) is 0. The molecule has 1 fully saturated rings. The highest BCUT2D eigenvalue weighted by Gasteiger charge is 2.46. The molecule has 1 aliphatic heterocycles. The van der Waals surface area contributed by atoms with E-state index in [0.717, 1.165) is 12.0 Å². The van der Waals surface area contributed by atoms with Gasteiger partial charge in [0, 0.05) is 6.54 Å². The standard InChI is InChI=1S/C15H19NO3/c1-11(13(17)19-3)16-10-9-15(2,14(16)18)12-7-5-4-6-8-12/h4-8,11H,9-10H2,1-3H3. The molecule has 2 atom stereocenters. The van der Waals surface area contributed by atoms with Crippen molar-refractivity contribution in [2.24, 2.45) is 0 Å². The van der Waals surface area contributed by atoms with E-state index in [9.17, 15) is 9.59 Å². The van der Waals surface area contributed by atoms with Gasteiger partial charge in [-0.25, -0.2) is 4.79 Å². The molecule has 0 N–H and O–H groups in total. The molecule has 1 aromatic carbocycles. The van der Waals surface area contributed by atoms with Gasteiger partial charge in [0.1, 0.15) is 6.04 Å². The first kappa shape index (κ1) is 13.6. The van der Waals surface area contributed by atoms with Crippen LogP contribution < -0.4 is 0 Å². The Morgan fingerprint density at radius 2 is 2.00 bits per heavy atom. The summed E-state index contributed by atoms with van der Waals surface area (Å²) in [6.45, 7) is 4.23. The van der Waals surface area contributed by atoms with Gasteiger partial charge in [0.25, 0.3) is 0 Å². The third-order valence-corrected chi connectivity index (χ3v) is 4.01. The number of carbonyl (C=O) groups excluding carboxylic acids is 2. The van der Waals surface area contributed by atoms with Crippen molar-refractivity contribution in [2.45, 2.75) is 31.7 Å². The number of hydrogen-bond donors (Lipinski definition) is 0. The molecule has 4 heteroatoms. The quantitative estimate of drug-likeness (QED) is 0.779. The van der Waals surface area contributed by atoms with Crippen LogP contribution in [0.2, 0.25) is 0 Å². The Hall–Kier alpha value is -1.84. The van der Waals surface area contributed by atoms with Crippen LogP contribution in [-0.2, 0) is 19.7 Å². The normalized spacial score (nSPS) is 24.4. The number of nitrogens with zero attached hydrogens (tertiary/aromatic N) is 1. The van der Waals surface area contributed by atoms with Crippen molar-refractivity contribution in [3.63, 3.8) is 0 Å². The molecule has 4 nitrogen and oxygen atoms in total. The van der Waals surface area contributed by atoms with Crippen LogP contribution in [0.25, 0.3) is 0 Å². The van der Waals surface area contributed by atoms with Crippen molar-refractivity contribution in [1.29, 1.82) is 0 Å². The maximum absolute atomic E-state index is 12.6. The fraction of sp³-hybridized carbons (Fsp3) is 0.467. The van der Waals surface area contributed by atoms with Gasteiger partial charge in [-0.05, 0) is 25.8 Å². The molecule has 0 aromatic heterocycles. The van der Waals surface area contributed by atoms with Crippen molar-refractivity contribution >= 4 is 11.9 Å². The lowest BCUT2D eigenvalue weighted by molar-refractivity contribution is -0.151. The Morgan fingerprint density at radius 3 is 2.58 bits per heavy atom. The first-order valence-corrected chi connectivity index (χ1v) is 6.45. The lowest BCUT2D eigenvalue weighted by Gasteiger charge is -2.26. The molecular formula is C15H19NO3. The Balaban J connectivity index is 2.25. The van der Waals surface area contributed by atoms with Crippen molar-refractivity contribution < 1.29 is 14.3 Å². The van der Waals surface area contributed by atoms with Gasteiger partial charge in [-0.2, -0.15) is 0 Å². The topological polar surface area (TPSA) is 46.6 Å². The van der Waals surface area contributed by atoms with Crippen molar-refractivity contribution in [1.82, 2.24) is 4.90 Å². The van der Waals surface area contributed by atoms with Crippen molar-refractivity contribution in [2.75, 3.05) is 13.7 Å². The second-order valence-corrected chi connectivity index (χ2v) is 5.15. The van der Waals surface area contributed by atoms with Crippen molar-refractivity contribution in [3.05, 3.63) is 35.9 Å². The second kappa shape index (κ2) is 5.03. The zero-order valence-electron chi connectivity index (χ0n) is 11.6. The third-order valence-electron chi connectivity index (χ3n) is 4.01. The summed E-state index contributed by atoms with van der Waals surface area (Å²) in [7, 11) is 1.34. The van der Waals surface area contributed by atoms with Crippen LogP contribution in [0.1, 0.15) is 25.8 Å². The number of methoxy groups -OCH3 is 1. The number of benzene rings is 1. The number of esters is 1. The van der Waals surface area contributed by atoms with Crippen molar-refractivity contribution in [3.8, 4) is 0 Å². The predicted molar refractivity (Wildman–Crippen MR) is 71.6 cm³/mol. The van der Waals surface area contributed by atoms with Crippen LogP contribution in [-0.4, -0.2) is 36.5 Å². The molecule has 19 heavy (non-hydrogen) atoms. The van der Waals surface area contributed by atoms with Gasteiger partial charge in [0.05, 0.1) is 12.5 Å². The van der Waals surface area contributed by atoms with Gasteiger partial charge in [0.2, 0.25) is 5.91 Å². The largest absolute Gasteiger partial charge is 0.467 e. The molecule has 0 radical (unpaired) electrons. The highest BCUT2D eigenvalue weighted by atomic mass is 16.5. The van der Waals surface area contributed by atoms with Gasteiger partial charge in [0.15, 0.2) is 0 Å². The molecule has 1 heterocycles. The third kappa shape index (κ3) is 2.23. The molecule has 1 aliphatic rings. The van der Waals surface area contributed by atoms with E-state index >= 15 is 0 Å². The van der Waals surface area contributed by atoms with E-state index in [1.807, 2.05) is 37.3 Å². The number of carbonyl (C=O) groups is 2. The predicted octanol–water partition coefficient (Wildman–Crippen LogP) is 1.74. The maximum Gasteiger partial charge on any atom is 0.328 e. The average molecular weight is 261 g/mol. The summed E-state index contributed by atoms with van der Waals surface area (Å²) >= 11 is 0. The molecule has 0 aliphatic carbocycles. The molecule has 1 saturated heterocycles. The maximum atomic E-state index is 12.6. The van der Waals surface area contributed by atoms with Gasteiger partial charge < -0.3 is 9.64 Å². The number of rotatable bonds is 3. The van der Waals surface area contributed by atoms with Crippen LogP contribution in [0.4, 0.5) is 0 Å². The second-order valence-electron chi connectivity index (χ2n) is 5.15. The highest BCUT2D eigenvalue weighted by Crippen LogP contribution is 2.36. The monoisotopic (exact) mass is 261 g/mol. The van der Waals surface area contributed by atoms with E-state index in [2.05, 4.69) is 0 Å². The molecule has 102 valence electrons. The summed E-state index contributed by atoms with van der Waals surface area (Å²) in [6, 6.07) is 9.19. The van der Waals surface area contributed by atoms with E-state index in [1.54, 1.807) is 11.8 Å². The Labute approximate surface area is 113 Å². The summed E-state index contributed by atoms with van der Waals surface area (Å²) < 4.78 is 4.71. The smallest absolute Gasteiger partial charge is 0.328 e. The number of hydrogen-bond acceptors (Lipinski definition) is 3. The molecule has 2 rings (SSSR count). The van der Waals surface area contributed by atoms with E-state index in [1.165, 1.54) is 7.11 Å². The lowest BCUT2D eigenvalue weighted by Crippen LogP contribution is -2.44. The minimum absolute atomic E-state index is 0.00315. The zero-order chi connectivity index (χ0) is 14.0. The summed E-state index contributed by atoms with van der Waals surface area (Å²) in [5.74, 6) is -0.373. The van der Waals surface area contributed by atoms with Crippen LogP contribution in [0.3, 0.4) is 0 Å². The van der Waals surface area contributed by atoms with Gasteiger partial charge in [-0.3, -0.25) is 4.79 Å². The molecule has 0 saturated carbocycles. The van der Waals surface area contributed by atoms with Gasteiger partial charge in [-0.1, -0.05) is 30.3 Å². The molecule has 2 unspecified atom stereocenters. The van der Waals surface area contributed by atoms with E-state index in [-0.39, 0.29) is 11.9 Å². The highest BCUT2D eigenvalue weighted by molar-refractivity contribution is 5.93. The molecule has 1 aromatic rings. The molecule has 0 spiro atoms. The Bertz CT molecular complexity index is 485. The van der Waals surface area contributed by atoms with E-state index in [4.69, 9.17) is 4.74 Å². The number of likely N-dealkylation sites (tertiary alicyclic amines) is 1. The van der Waals surface area contributed by atoms with Crippen LogP contribution >= 0.6 is 0 Å². The summed E-state index contributed by atoms with van der Waals surface area (Å²) in [6.07, 6.45) is 0.719. The Morgan fingerprint density at radius 1 is 1.37 bits per heavy atom. The summed E-state index contributed by atoms with van der Waals surface area (Å²) in [5.41, 5.74) is 0.461. The van der Waals surface area contributed by atoms with Crippen LogP contribution in [0.15, 0.2) is 30.3 Å².